The summed E-state index contributed by atoms with van der Waals surface area (Å²) in [4.78, 5) is 27.8. The summed E-state index contributed by atoms with van der Waals surface area (Å²) >= 11 is 0. The van der Waals surface area contributed by atoms with Crippen LogP contribution in [-0.4, -0.2) is 29.2 Å². The van der Waals surface area contributed by atoms with E-state index in [0.717, 1.165) is 37.3 Å². The van der Waals surface area contributed by atoms with Crippen LogP contribution in [0.4, 0.5) is 0 Å². The van der Waals surface area contributed by atoms with Crippen LogP contribution in [0.3, 0.4) is 0 Å². The van der Waals surface area contributed by atoms with Crippen molar-refractivity contribution in [3.8, 4) is 0 Å². The number of fused-ring (bicyclic) bond motifs is 5. The van der Waals surface area contributed by atoms with Gasteiger partial charge in [0.05, 0.1) is 5.71 Å². The van der Waals surface area contributed by atoms with Gasteiger partial charge in [0.25, 0.3) is 0 Å². The molecule has 0 radical (unpaired) electrons. The summed E-state index contributed by atoms with van der Waals surface area (Å²) in [6.07, 6.45) is 11.1. The molecule has 0 heterocycles. The summed E-state index contributed by atoms with van der Waals surface area (Å²) in [7, 11) is 0. The Morgan fingerprint density at radius 1 is 1.14 bits per heavy atom. The van der Waals surface area contributed by atoms with E-state index in [9.17, 15) is 9.59 Å². The normalized spacial score (nSPS) is 43.5. The lowest BCUT2D eigenvalue weighted by Crippen LogP contribution is -2.51. The lowest BCUT2D eigenvalue weighted by atomic mass is 9.46. The molecule has 28 heavy (non-hydrogen) atoms. The summed E-state index contributed by atoms with van der Waals surface area (Å²) in [6, 6.07) is 0. The Kier molecular flexibility index (Phi) is 4.91. The molecule has 0 spiro atoms. The number of rotatable bonds is 4. The van der Waals surface area contributed by atoms with Crippen molar-refractivity contribution in [2.75, 3.05) is 6.61 Å². The van der Waals surface area contributed by atoms with Crippen LogP contribution in [0.15, 0.2) is 16.8 Å². The fraction of sp³-hybridized carbons (Fsp3) is 0.783. The average Bonchev–Trinajstić information content (AvgIpc) is 2.99. The Bertz CT molecular complexity index is 741. The van der Waals surface area contributed by atoms with E-state index in [1.54, 1.807) is 6.92 Å². The number of carboxylic acids is 1. The minimum absolute atomic E-state index is 0.205. The largest absolute Gasteiger partial charge is 0.479 e. The number of aliphatic carboxylic acids is 1. The molecule has 4 aliphatic carbocycles. The zero-order chi connectivity index (χ0) is 20.1. The molecule has 5 nitrogen and oxygen atoms in total. The molecule has 5 heteroatoms. The number of Topliss-reactive ketones (excluding diaryl/α,β-unsaturated/α-hetero) is 1. The second-order valence-electron chi connectivity index (χ2n) is 10.0. The van der Waals surface area contributed by atoms with E-state index in [1.165, 1.54) is 31.3 Å². The smallest absolute Gasteiger partial charge is 0.344 e. The van der Waals surface area contributed by atoms with Gasteiger partial charge < -0.3 is 9.94 Å². The van der Waals surface area contributed by atoms with Gasteiger partial charge in [-0.3, -0.25) is 4.79 Å². The third-order valence-corrected chi connectivity index (χ3v) is 8.84. The maximum absolute atomic E-state index is 12.3. The van der Waals surface area contributed by atoms with Crippen LogP contribution in [0.2, 0.25) is 0 Å². The molecule has 4 rings (SSSR count). The van der Waals surface area contributed by atoms with Crippen molar-refractivity contribution < 1.29 is 19.5 Å². The van der Waals surface area contributed by atoms with Gasteiger partial charge in [0.1, 0.15) is 5.78 Å². The van der Waals surface area contributed by atoms with E-state index in [4.69, 9.17) is 9.94 Å². The quantitative estimate of drug-likeness (QED) is 0.715. The zero-order valence-electron chi connectivity index (χ0n) is 17.4. The molecule has 0 aromatic rings. The predicted octanol–water partition coefficient (Wildman–Crippen LogP) is 4.61. The van der Waals surface area contributed by atoms with E-state index in [1.807, 2.05) is 0 Å². The van der Waals surface area contributed by atoms with Gasteiger partial charge in [0, 0.05) is 5.92 Å². The molecule has 0 aliphatic heterocycles. The fourth-order valence-electron chi connectivity index (χ4n) is 7.48. The van der Waals surface area contributed by atoms with E-state index >= 15 is 0 Å². The number of nitrogens with zero attached hydrogens (tertiary/aromatic N) is 1. The summed E-state index contributed by atoms with van der Waals surface area (Å²) in [5, 5.41) is 12.8. The first-order valence-electron chi connectivity index (χ1n) is 10.9. The van der Waals surface area contributed by atoms with Crippen molar-refractivity contribution in [2.24, 2.45) is 39.7 Å². The maximum atomic E-state index is 12.3. The number of carbonyl (C=O) groups is 2. The Balaban J connectivity index is 1.55. The van der Waals surface area contributed by atoms with E-state index in [2.05, 4.69) is 25.1 Å². The van der Waals surface area contributed by atoms with Crippen LogP contribution in [0.1, 0.15) is 72.1 Å². The van der Waals surface area contributed by atoms with Gasteiger partial charge in [0.2, 0.25) is 6.61 Å². The highest BCUT2D eigenvalue weighted by molar-refractivity contribution is 5.96. The van der Waals surface area contributed by atoms with Crippen LogP contribution in [0.5, 0.6) is 0 Å². The Morgan fingerprint density at radius 2 is 1.93 bits per heavy atom. The topological polar surface area (TPSA) is 76.0 Å². The molecular weight excluding hydrogens is 354 g/mol. The Hall–Kier alpha value is -1.65. The molecule has 1 N–H and O–H groups in total. The highest BCUT2D eigenvalue weighted by atomic mass is 16.6. The molecule has 154 valence electrons. The van der Waals surface area contributed by atoms with E-state index in [-0.39, 0.29) is 23.4 Å². The molecule has 3 saturated carbocycles. The van der Waals surface area contributed by atoms with Crippen molar-refractivity contribution in [1.29, 1.82) is 0 Å². The van der Waals surface area contributed by atoms with Gasteiger partial charge in [-0.05, 0) is 93.0 Å². The van der Waals surface area contributed by atoms with Crippen molar-refractivity contribution in [1.82, 2.24) is 0 Å². The molecule has 0 bridgehead atoms. The second-order valence-corrected chi connectivity index (χ2v) is 10.0. The number of carboxylic acid groups (broad SMARTS) is 1. The monoisotopic (exact) mass is 387 g/mol. The van der Waals surface area contributed by atoms with E-state index < -0.39 is 5.97 Å². The zero-order valence-corrected chi connectivity index (χ0v) is 17.4. The minimum atomic E-state index is -0.996. The predicted molar refractivity (Wildman–Crippen MR) is 107 cm³/mol. The third-order valence-electron chi connectivity index (χ3n) is 8.84. The lowest BCUT2D eigenvalue weighted by Gasteiger charge is -2.58. The summed E-state index contributed by atoms with van der Waals surface area (Å²) in [5.74, 6) is 1.77. The summed E-state index contributed by atoms with van der Waals surface area (Å²) < 4.78 is 0. The molecule has 6 atom stereocenters. The van der Waals surface area contributed by atoms with Crippen LogP contribution in [0.25, 0.3) is 0 Å². The van der Waals surface area contributed by atoms with Crippen LogP contribution in [-0.2, 0) is 14.4 Å². The van der Waals surface area contributed by atoms with E-state index in [0.29, 0.717) is 17.6 Å². The van der Waals surface area contributed by atoms with Gasteiger partial charge in [-0.2, -0.15) is 0 Å². The molecule has 4 unspecified atom stereocenters. The highest BCUT2D eigenvalue weighted by Gasteiger charge is 2.59. The van der Waals surface area contributed by atoms with Crippen LogP contribution in [0, 0.1) is 34.5 Å². The first-order valence-corrected chi connectivity index (χ1v) is 10.9. The molecule has 0 amide bonds. The number of ketones is 1. The number of hydrogen-bond donors (Lipinski definition) is 1. The Morgan fingerprint density at radius 3 is 2.64 bits per heavy atom. The average molecular weight is 388 g/mol. The second kappa shape index (κ2) is 7.00. The number of allylic oxidation sites excluding steroid dienone is 2. The van der Waals surface area contributed by atoms with Crippen molar-refractivity contribution >= 4 is 17.5 Å². The molecule has 0 aromatic heterocycles. The molecule has 3 fully saturated rings. The third kappa shape index (κ3) is 3.02. The van der Waals surface area contributed by atoms with Gasteiger partial charge in [-0.25, -0.2) is 4.79 Å². The molecule has 4 aliphatic rings. The van der Waals surface area contributed by atoms with Crippen LogP contribution < -0.4 is 0 Å². The highest BCUT2D eigenvalue weighted by Crippen LogP contribution is 2.66. The van der Waals surface area contributed by atoms with Gasteiger partial charge in [-0.1, -0.05) is 24.6 Å². The first kappa shape index (κ1) is 19.7. The first-order chi connectivity index (χ1) is 13.3. The van der Waals surface area contributed by atoms with Crippen molar-refractivity contribution in [3.63, 3.8) is 0 Å². The van der Waals surface area contributed by atoms with Gasteiger partial charge in [-0.15, -0.1) is 0 Å². The van der Waals surface area contributed by atoms with Crippen LogP contribution >= 0.6 is 0 Å². The fourth-order valence-corrected chi connectivity index (χ4v) is 7.48. The van der Waals surface area contributed by atoms with Gasteiger partial charge in [0.15, 0.2) is 0 Å². The van der Waals surface area contributed by atoms with Crippen molar-refractivity contribution in [3.05, 3.63) is 11.6 Å². The number of hydrogen-bond acceptors (Lipinski definition) is 4. The van der Waals surface area contributed by atoms with Crippen molar-refractivity contribution in [2.45, 2.75) is 72.1 Å². The number of oxime groups is 1. The standard InChI is InChI=1S/C23H33NO4/c1-14(25)18-6-7-19-17-5-4-15-12-16(24-28-13-21(26)27)8-10-22(15,2)20(17)9-11-23(18,19)3/h12,17-20H,4-11,13H2,1-3H3,(H,26,27)/t17?,18?,19?,20?,22-,23+/m0/s1. The Labute approximate surface area is 167 Å². The molecular formula is C23H33NO4. The SMILES string of the molecule is CC(=O)C1CCC2C3CCC4=CC(=NOCC(=O)O)CC[C@]4(C)C3CC[C@]12C. The lowest BCUT2D eigenvalue weighted by molar-refractivity contribution is -0.142. The van der Waals surface area contributed by atoms with Gasteiger partial charge >= 0.3 is 5.97 Å². The summed E-state index contributed by atoms with van der Waals surface area (Å²) in [6.45, 7) is 6.24. The minimum Gasteiger partial charge on any atom is -0.479 e. The maximum Gasteiger partial charge on any atom is 0.344 e. The molecule has 0 aromatic carbocycles. The number of carbonyl (C=O) groups excluding carboxylic acids is 1. The molecule has 0 saturated heterocycles. The summed E-state index contributed by atoms with van der Waals surface area (Å²) in [5.41, 5.74) is 2.77.